The van der Waals surface area contributed by atoms with Gasteiger partial charge in [-0.05, 0) is 43.9 Å². The van der Waals surface area contributed by atoms with Crippen molar-refractivity contribution in [1.82, 2.24) is 9.21 Å². The Hall–Kier alpha value is -1.92. The van der Waals surface area contributed by atoms with E-state index >= 15 is 0 Å². The van der Waals surface area contributed by atoms with Gasteiger partial charge in [-0.25, -0.2) is 4.79 Å². The SMILES string of the molecule is CCN(CC)SC1CC(C(=O)O)=CC(N2CCCCC2)=C1Oc1ccccc1. The van der Waals surface area contributed by atoms with Crippen LogP contribution in [0.1, 0.15) is 39.5 Å². The van der Waals surface area contributed by atoms with Gasteiger partial charge < -0.3 is 14.7 Å². The van der Waals surface area contributed by atoms with Crippen LogP contribution in [-0.4, -0.2) is 51.7 Å². The van der Waals surface area contributed by atoms with Crippen LogP contribution in [0.15, 0.2) is 53.4 Å². The molecule has 0 aromatic heterocycles. The van der Waals surface area contributed by atoms with Crippen molar-refractivity contribution in [2.45, 2.75) is 44.8 Å². The number of piperidine rings is 1. The van der Waals surface area contributed by atoms with E-state index in [2.05, 4.69) is 23.1 Å². The molecule has 1 aliphatic carbocycles. The minimum atomic E-state index is -0.835. The number of likely N-dealkylation sites (tertiary alicyclic amines) is 1. The average Bonchev–Trinajstić information content (AvgIpc) is 2.74. The summed E-state index contributed by atoms with van der Waals surface area (Å²) < 4.78 is 8.67. The van der Waals surface area contributed by atoms with Crippen LogP contribution in [0.3, 0.4) is 0 Å². The molecule has 1 aliphatic heterocycles. The average molecular weight is 403 g/mol. The largest absolute Gasteiger partial charge is 0.478 e. The van der Waals surface area contributed by atoms with Gasteiger partial charge in [0.05, 0.1) is 10.9 Å². The van der Waals surface area contributed by atoms with Crippen molar-refractivity contribution in [1.29, 1.82) is 0 Å². The summed E-state index contributed by atoms with van der Waals surface area (Å²) >= 11 is 1.70. The summed E-state index contributed by atoms with van der Waals surface area (Å²) in [6, 6.07) is 9.81. The Morgan fingerprint density at radius 2 is 1.86 bits per heavy atom. The molecule has 1 aromatic rings. The number of rotatable bonds is 8. The zero-order valence-corrected chi connectivity index (χ0v) is 17.6. The molecule has 0 amide bonds. The first kappa shape index (κ1) is 20.8. The van der Waals surface area contributed by atoms with Crippen LogP contribution in [0.25, 0.3) is 0 Å². The number of nitrogens with zero attached hydrogens (tertiary/aromatic N) is 2. The number of carboxylic acids is 1. The highest BCUT2D eigenvalue weighted by atomic mass is 32.2. The minimum absolute atomic E-state index is 0.0480. The van der Waals surface area contributed by atoms with Crippen molar-refractivity contribution in [2.75, 3.05) is 26.2 Å². The first-order valence-electron chi connectivity index (χ1n) is 10.2. The Bertz CT molecular complexity index is 723. The van der Waals surface area contributed by atoms with E-state index in [1.165, 1.54) is 6.42 Å². The van der Waals surface area contributed by atoms with Crippen LogP contribution < -0.4 is 4.74 Å². The van der Waals surface area contributed by atoms with Crippen LogP contribution in [0.2, 0.25) is 0 Å². The van der Waals surface area contributed by atoms with Crippen molar-refractivity contribution in [2.24, 2.45) is 0 Å². The summed E-state index contributed by atoms with van der Waals surface area (Å²) in [7, 11) is 0. The lowest BCUT2D eigenvalue weighted by Gasteiger charge is -2.36. The van der Waals surface area contributed by atoms with E-state index in [9.17, 15) is 9.90 Å². The van der Waals surface area contributed by atoms with Gasteiger partial charge >= 0.3 is 5.97 Å². The molecule has 0 saturated carbocycles. The number of allylic oxidation sites excluding steroid dienone is 1. The molecule has 1 N–H and O–H groups in total. The molecule has 1 heterocycles. The molecule has 0 bridgehead atoms. The summed E-state index contributed by atoms with van der Waals surface area (Å²) in [6.07, 6.45) is 5.80. The maximum Gasteiger partial charge on any atom is 0.331 e. The van der Waals surface area contributed by atoms with Crippen molar-refractivity contribution in [3.05, 3.63) is 53.4 Å². The maximum absolute atomic E-state index is 11.8. The minimum Gasteiger partial charge on any atom is -0.478 e. The smallest absolute Gasteiger partial charge is 0.331 e. The number of carboxylic acid groups (broad SMARTS) is 1. The molecule has 1 atom stereocenters. The maximum atomic E-state index is 11.8. The number of carbonyl (C=O) groups is 1. The highest BCUT2D eigenvalue weighted by Crippen LogP contribution is 2.38. The molecule has 3 rings (SSSR count). The van der Waals surface area contributed by atoms with Gasteiger partial charge in [-0.2, -0.15) is 0 Å². The van der Waals surface area contributed by atoms with E-state index in [0.717, 1.165) is 56.2 Å². The molecule has 0 spiro atoms. The number of hydrogen-bond donors (Lipinski definition) is 1. The second-order valence-corrected chi connectivity index (χ2v) is 8.40. The summed E-state index contributed by atoms with van der Waals surface area (Å²) in [5, 5.41) is 9.68. The Kier molecular flexibility index (Phi) is 7.45. The zero-order chi connectivity index (χ0) is 19.9. The molecule has 1 fully saturated rings. The zero-order valence-electron chi connectivity index (χ0n) is 16.8. The van der Waals surface area contributed by atoms with Gasteiger partial charge in [0.2, 0.25) is 0 Å². The molecule has 5 nitrogen and oxygen atoms in total. The Balaban J connectivity index is 2.01. The standard InChI is InChI=1S/C22H30N2O3S/c1-3-24(4-2)28-20-16-17(22(25)26)15-19(23-13-9-6-10-14-23)21(20)27-18-11-7-5-8-12-18/h5,7-8,11-12,15,20H,3-4,6,9-10,13-14,16H2,1-2H3,(H,25,26). The number of benzene rings is 1. The topological polar surface area (TPSA) is 53.0 Å². The fourth-order valence-electron chi connectivity index (χ4n) is 3.65. The first-order valence-corrected chi connectivity index (χ1v) is 11.0. The van der Waals surface area contributed by atoms with E-state index in [1.807, 2.05) is 36.4 Å². The summed E-state index contributed by atoms with van der Waals surface area (Å²) in [4.78, 5) is 14.2. The quantitative estimate of drug-likeness (QED) is 0.645. The van der Waals surface area contributed by atoms with Gasteiger partial charge in [0.15, 0.2) is 0 Å². The van der Waals surface area contributed by atoms with E-state index < -0.39 is 5.97 Å². The number of aliphatic carboxylic acids is 1. The second kappa shape index (κ2) is 10.0. The third kappa shape index (κ3) is 5.11. The van der Waals surface area contributed by atoms with Crippen LogP contribution in [0, 0.1) is 0 Å². The third-order valence-electron chi connectivity index (χ3n) is 5.19. The van der Waals surface area contributed by atoms with Gasteiger partial charge in [0.25, 0.3) is 0 Å². The van der Waals surface area contributed by atoms with Gasteiger partial charge in [0, 0.05) is 31.8 Å². The van der Waals surface area contributed by atoms with Gasteiger partial charge in [-0.3, -0.25) is 4.31 Å². The van der Waals surface area contributed by atoms with E-state index in [1.54, 1.807) is 11.9 Å². The summed E-state index contributed by atoms with van der Waals surface area (Å²) in [5.41, 5.74) is 1.41. The van der Waals surface area contributed by atoms with Crippen molar-refractivity contribution in [3.63, 3.8) is 0 Å². The highest BCUT2D eigenvalue weighted by molar-refractivity contribution is 7.97. The molecular weight excluding hydrogens is 372 g/mol. The van der Waals surface area contributed by atoms with Crippen LogP contribution in [0.4, 0.5) is 0 Å². The lowest BCUT2D eigenvalue weighted by Crippen LogP contribution is -2.35. The fourth-order valence-corrected chi connectivity index (χ4v) is 4.83. The molecule has 1 aromatic carbocycles. The lowest BCUT2D eigenvalue weighted by atomic mass is 9.98. The Morgan fingerprint density at radius 1 is 1.18 bits per heavy atom. The molecule has 1 saturated heterocycles. The molecule has 1 unspecified atom stereocenters. The predicted molar refractivity (Wildman–Crippen MR) is 114 cm³/mol. The molecule has 28 heavy (non-hydrogen) atoms. The number of ether oxygens (including phenoxy) is 1. The van der Waals surface area contributed by atoms with E-state index in [-0.39, 0.29) is 5.25 Å². The monoisotopic (exact) mass is 402 g/mol. The van der Waals surface area contributed by atoms with Crippen molar-refractivity contribution < 1.29 is 14.6 Å². The van der Waals surface area contributed by atoms with Gasteiger partial charge in [0.1, 0.15) is 11.5 Å². The van der Waals surface area contributed by atoms with Crippen LogP contribution in [0.5, 0.6) is 5.75 Å². The summed E-state index contributed by atoms with van der Waals surface area (Å²) in [6.45, 7) is 7.95. The Labute approximate surface area is 172 Å². The predicted octanol–water partition coefficient (Wildman–Crippen LogP) is 4.54. The molecular formula is C22H30N2O3S. The lowest BCUT2D eigenvalue weighted by molar-refractivity contribution is -0.132. The van der Waals surface area contributed by atoms with Crippen LogP contribution in [-0.2, 0) is 4.79 Å². The number of para-hydroxylation sites is 1. The third-order valence-corrected chi connectivity index (χ3v) is 6.64. The van der Waals surface area contributed by atoms with Crippen molar-refractivity contribution in [3.8, 4) is 5.75 Å². The molecule has 6 heteroatoms. The Morgan fingerprint density at radius 3 is 2.46 bits per heavy atom. The second-order valence-electron chi connectivity index (χ2n) is 7.10. The van der Waals surface area contributed by atoms with Gasteiger partial charge in [-0.15, -0.1) is 0 Å². The molecule has 152 valence electrons. The normalized spacial score (nSPS) is 20.3. The molecule has 2 aliphatic rings. The van der Waals surface area contributed by atoms with Gasteiger partial charge in [-0.1, -0.05) is 44.0 Å². The van der Waals surface area contributed by atoms with Crippen molar-refractivity contribution >= 4 is 17.9 Å². The van der Waals surface area contributed by atoms with E-state index in [0.29, 0.717) is 12.0 Å². The fraction of sp³-hybridized carbons (Fsp3) is 0.500. The molecule has 0 radical (unpaired) electrons. The van der Waals surface area contributed by atoms with Crippen LogP contribution >= 0.6 is 11.9 Å². The summed E-state index contributed by atoms with van der Waals surface area (Å²) in [5.74, 6) is 0.845. The van der Waals surface area contributed by atoms with E-state index in [4.69, 9.17) is 4.74 Å². The number of hydrogen-bond acceptors (Lipinski definition) is 5. The highest BCUT2D eigenvalue weighted by Gasteiger charge is 2.33. The first-order chi connectivity index (χ1) is 13.6.